The van der Waals surface area contributed by atoms with Crippen LogP contribution < -0.4 is 20.1 Å². The minimum Gasteiger partial charge on any atom is -0.492 e. The van der Waals surface area contributed by atoms with E-state index in [1.54, 1.807) is 24.3 Å². The van der Waals surface area contributed by atoms with E-state index in [9.17, 15) is 9.59 Å². The zero-order chi connectivity index (χ0) is 21.3. The summed E-state index contributed by atoms with van der Waals surface area (Å²) >= 11 is 0. The van der Waals surface area contributed by atoms with Crippen molar-refractivity contribution in [2.75, 3.05) is 23.8 Å². The zero-order valence-corrected chi connectivity index (χ0v) is 17.7. The Balaban J connectivity index is 1.86. The van der Waals surface area contributed by atoms with Gasteiger partial charge in [-0.25, -0.2) is 0 Å². The summed E-state index contributed by atoms with van der Waals surface area (Å²) < 4.78 is 11.5. The maximum Gasteiger partial charge on any atom is 0.255 e. The second kappa shape index (κ2) is 10.7. The molecule has 1 saturated carbocycles. The fraction of sp³-hybridized carbons (Fsp3) is 0.417. The van der Waals surface area contributed by atoms with Crippen molar-refractivity contribution in [3.63, 3.8) is 0 Å². The second-order valence-corrected chi connectivity index (χ2v) is 7.35. The van der Waals surface area contributed by atoms with Gasteiger partial charge in [0, 0.05) is 23.6 Å². The van der Waals surface area contributed by atoms with Gasteiger partial charge in [-0.2, -0.15) is 0 Å². The third-order valence-electron chi connectivity index (χ3n) is 5.20. The highest BCUT2D eigenvalue weighted by Gasteiger charge is 2.23. The fourth-order valence-electron chi connectivity index (χ4n) is 3.69. The monoisotopic (exact) mass is 410 g/mol. The van der Waals surface area contributed by atoms with Gasteiger partial charge in [0.2, 0.25) is 5.91 Å². The average molecular weight is 411 g/mol. The SMILES string of the molecule is CCOc1cc(NC(=O)C2CCCCC2)c(OCC)cc1NC(=O)c1ccccc1. The van der Waals surface area contributed by atoms with Crippen LogP contribution in [0.3, 0.4) is 0 Å². The van der Waals surface area contributed by atoms with Gasteiger partial charge in [0.1, 0.15) is 11.5 Å². The van der Waals surface area contributed by atoms with Crippen LogP contribution in [0.15, 0.2) is 42.5 Å². The molecule has 2 aromatic carbocycles. The molecule has 0 aromatic heterocycles. The predicted molar refractivity (Wildman–Crippen MR) is 118 cm³/mol. The van der Waals surface area contributed by atoms with E-state index >= 15 is 0 Å². The molecule has 2 amide bonds. The van der Waals surface area contributed by atoms with Gasteiger partial charge in [-0.3, -0.25) is 9.59 Å². The number of hydrogen-bond donors (Lipinski definition) is 2. The summed E-state index contributed by atoms with van der Waals surface area (Å²) in [6, 6.07) is 12.4. The zero-order valence-electron chi connectivity index (χ0n) is 17.7. The first-order valence-electron chi connectivity index (χ1n) is 10.7. The lowest BCUT2D eigenvalue weighted by atomic mass is 9.88. The highest BCUT2D eigenvalue weighted by molar-refractivity contribution is 6.05. The summed E-state index contributed by atoms with van der Waals surface area (Å²) in [6.07, 6.45) is 5.20. The molecule has 3 rings (SSSR count). The summed E-state index contributed by atoms with van der Waals surface area (Å²) in [5.41, 5.74) is 1.62. The number of rotatable bonds is 8. The van der Waals surface area contributed by atoms with E-state index < -0.39 is 0 Å². The molecular formula is C24H30N2O4. The van der Waals surface area contributed by atoms with Crippen molar-refractivity contribution in [1.29, 1.82) is 0 Å². The van der Waals surface area contributed by atoms with Crippen LogP contribution in [0.5, 0.6) is 11.5 Å². The highest BCUT2D eigenvalue weighted by atomic mass is 16.5. The molecule has 2 aromatic rings. The molecular weight excluding hydrogens is 380 g/mol. The van der Waals surface area contributed by atoms with Gasteiger partial charge in [0.15, 0.2) is 0 Å². The largest absolute Gasteiger partial charge is 0.492 e. The molecule has 30 heavy (non-hydrogen) atoms. The number of anilines is 2. The predicted octanol–water partition coefficient (Wildman–Crippen LogP) is 5.26. The van der Waals surface area contributed by atoms with Crippen molar-refractivity contribution in [3.05, 3.63) is 48.0 Å². The van der Waals surface area contributed by atoms with Gasteiger partial charge in [-0.05, 0) is 38.8 Å². The second-order valence-electron chi connectivity index (χ2n) is 7.35. The number of hydrogen-bond acceptors (Lipinski definition) is 4. The summed E-state index contributed by atoms with van der Waals surface area (Å²) in [6.45, 7) is 4.62. The Kier molecular flexibility index (Phi) is 7.71. The van der Waals surface area contributed by atoms with Crippen LogP contribution in [-0.2, 0) is 4.79 Å². The summed E-state index contributed by atoms with van der Waals surface area (Å²) in [5, 5.41) is 5.92. The van der Waals surface area contributed by atoms with Crippen LogP contribution in [0.25, 0.3) is 0 Å². The normalized spacial score (nSPS) is 14.1. The molecule has 0 spiro atoms. The van der Waals surface area contributed by atoms with E-state index in [4.69, 9.17) is 9.47 Å². The standard InChI is InChI=1S/C24H30N2O4/c1-3-29-21-15-20(26-24(28)18-13-9-6-10-14-18)22(30-4-2)16-19(21)25-23(27)17-11-7-5-8-12-17/h5,7-8,11-12,15-16,18H,3-4,6,9-10,13-14H2,1-2H3,(H,25,27)(H,26,28). The van der Waals surface area contributed by atoms with E-state index in [0.29, 0.717) is 41.7 Å². The van der Waals surface area contributed by atoms with Gasteiger partial charge in [0.05, 0.1) is 24.6 Å². The van der Waals surface area contributed by atoms with Crippen molar-refractivity contribution < 1.29 is 19.1 Å². The van der Waals surface area contributed by atoms with Gasteiger partial charge >= 0.3 is 0 Å². The summed E-state index contributed by atoms with van der Waals surface area (Å²) in [4.78, 5) is 25.4. The van der Waals surface area contributed by atoms with Crippen LogP contribution in [0.2, 0.25) is 0 Å². The first-order valence-corrected chi connectivity index (χ1v) is 10.7. The van der Waals surface area contributed by atoms with Crippen molar-refractivity contribution in [3.8, 4) is 11.5 Å². The van der Waals surface area contributed by atoms with Crippen molar-refractivity contribution in [1.82, 2.24) is 0 Å². The molecule has 0 unspecified atom stereocenters. The molecule has 0 bridgehead atoms. The third-order valence-corrected chi connectivity index (χ3v) is 5.20. The number of amides is 2. The molecule has 6 nitrogen and oxygen atoms in total. The first kappa shape index (κ1) is 21.7. The Bertz CT molecular complexity index is 861. The van der Waals surface area contributed by atoms with Crippen LogP contribution in [0, 0.1) is 5.92 Å². The van der Waals surface area contributed by atoms with Crippen LogP contribution >= 0.6 is 0 Å². The average Bonchev–Trinajstić information content (AvgIpc) is 2.78. The number of carbonyl (C=O) groups excluding carboxylic acids is 2. The molecule has 160 valence electrons. The van der Waals surface area contributed by atoms with Crippen molar-refractivity contribution in [2.45, 2.75) is 46.0 Å². The number of ether oxygens (including phenoxy) is 2. The number of benzene rings is 2. The molecule has 0 aliphatic heterocycles. The Labute approximate surface area is 178 Å². The minimum atomic E-state index is -0.238. The molecule has 1 aliphatic rings. The van der Waals surface area contributed by atoms with E-state index in [2.05, 4.69) is 10.6 Å². The fourth-order valence-corrected chi connectivity index (χ4v) is 3.69. The lowest BCUT2D eigenvalue weighted by Crippen LogP contribution is -2.25. The molecule has 6 heteroatoms. The lowest BCUT2D eigenvalue weighted by molar-refractivity contribution is -0.120. The molecule has 1 fully saturated rings. The van der Waals surface area contributed by atoms with Gasteiger partial charge < -0.3 is 20.1 Å². The Morgan fingerprint density at radius 2 is 1.43 bits per heavy atom. The van der Waals surface area contributed by atoms with Crippen molar-refractivity contribution >= 4 is 23.2 Å². The smallest absolute Gasteiger partial charge is 0.255 e. The summed E-state index contributed by atoms with van der Waals surface area (Å²) in [5.74, 6) is 0.802. The third kappa shape index (κ3) is 5.53. The van der Waals surface area contributed by atoms with Crippen LogP contribution in [-0.4, -0.2) is 25.0 Å². The first-order chi connectivity index (χ1) is 14.6. The topological polar surface area (TPSA) is 76.7 Å². The number of carbonyl (C=O) groups is 2. The van der Waals surface area contributed by atoms with E-state index in [1.807, 2.05) is 32.0 Å². The molecule has 0 atom stereocenters. The summed E-state index contributed by atoms with van der Waals surface area (Å²) in [7, 11) is 0. The van der Waals surface area contributed by atoms with Gasteiger partial charge in [-0.1, -0.05) is 37.5 Å². The lowest BCUT2D eigenvalue weighted by Gasteiger charge is -2.22. The van der Waals surface area contributed by atoms with E-state index in [0.717, 1.165) is 25.7 Å². The molecule has 1 aliphatic carbocycles. The minimum absolute atomic E-state index is 0.0131. The van der Waals surface area contributed by atoms with E-state index in [1.165, 1.54) is 6.42 Å². The molecule has 0 heterocycles. The molecule has 0 saturated heterocycles. The maximum absolute atomic E-state index is 12.8. The molecule has 2 N–H and O–H groups in total. The van der Waals surface area contributed by atoms with E-state index in [-0.39, 0.29) is 17.7 Å². The maximum atomic E-state index is 12.8. The van der Waals surface area contributed by atoms with Crippen LogP contribution in [0.4, 0.5) is 11.4 Å². The quantitative estimate of drug-likeness (QED) is 0.623. The Hall–Kier alpha value is -3.02. The Morgan fingerprint density at radius 3 is 2.00 bits per heavy atom. The van der Waals surface area contributed by atoms with Gasteiger partial charge in [0.25, 0.3) is 5.91 Å². The Morgan fingerprint density at radius 1 is 0.867 bits per heavy atom. The van der Waals surface area contributed by atoms with Crippen molar-refractivity contribution in [2.24, 2.45) is 5.92 Å². The van der Waals surface area contributed by atoms with Gasteiger partial charge in [-0.15, -0.1) is 0 Å². The number of nitrogens with one attached hydrogen (secondary N) is 2. The van der Waals surface area contributed by atoms with Crippen LogP contribution in [0.1, 0.15) is 56.3 Å². The molecule has 0 radical (unpaired) electrons. The highest BCUT2D eigenvalue weighted by Crippen LogP contribution is 2.38.